The van der Waals surface area contributed by atoms with E-state index in [1.54, 1.807) is 0 Å². The summed E-state index contributed by atoms with van der Waals surface area (Å²) < 4.78 is 0. The Kier molecular flexibility index (Phi) is 3.36. The standard InChI is InChI=1S/C11H23NO/c1-4-11(6-5-7-11)12-8-10(2,3)9-13/h12-13H,4-9H2,1-3H3. The van der Waals surface area contributed by atoms with Crippen LogP contribution in [0, 0.1) is 5.41 Å². The second kappa shape index (κ2) is 3.97. The molecule has 0 bridgehead atoms. The SMILES string of the molecule is CCC1(NCC(C)(C)CO)CCC1. The van der Waals surface area contributed by atoms with Crippen molar-refractivity contribution < 1.29 is 5.11 Å². The van der Waals surface area contributed by atoms with Gasteiger partial charge in [0.15, 0.2) is 0 Å². The molecule has 0 amide bonds. The van der Waals surface area contributed by atoms with Crippen LogP contribution in [0.15, 0.2) is 0 Å². The average Bonchev–Trinajstić information content (AvgIpc) is 2.03. The molecule has 0 spiro atoms. The molecule has 0 heterocycles. The molecule has 1 rings (SSSR count). The van der Waals surface area contributed by atoms with E-state index in [9.17, 15) is 0 Å². The summed E-state index contributed by atoms with van der Waals surface area (Å²) in [6.07, 6.45) is 5.20. The van der Waals surface area contributed by atoms with Crippen molar-refractivity contribution >= 4 is 0 Å². The number of aliphatic hydroxyl groups excluding tert-OH is 1. The Labute approximate surface area is 81.7 Å². The molecule has 78 valence electrons. The van der Waals surface area contributed by atoms with E-state index < -0.39 is 0 Å². The number of rotatable bonds is 5. The highest BCUT2D eigenvalue weighted by Gasteiger charge is 2.35. The minimum absolute atomic E-state index is 0.0256. The molecule has 0 aromatic heterocycles. The molecule has 0 aliphatic heterocycles. The Balaban J connectivity index is 2.32. The number of hydrogen-bond donors (Lipinski definition) is 2. The van der Waals surface area contributed by atoms with Crippen LogP contribution in [0.1, 0.15) is 46.5 Å². The summed E-state index contributed by atoms with van der Waals surface area (Å²) in [5, 5.41) is 12.7. The van der Waals surface area contributed by atoms with Crippen LogP contribution < -0.4 is 5.32 Å². The van der Waals surface area contributed by atoms with Crippen LogP contribution in [0.2, 0.25) is 0 Å². The van der Waals surface area contributed by atoms with Crippen molar-refractivity contribution in [2.75, 3.05) is 13.2 Å². The maximum absolute atomic E-state index is 9.11. The Morgan fingerprint density at radius 3 is 2.31 bits per heavy atom. The van der Waals surface area contributed by atoms with Crippen molar-refractivity contribution in [3.63, 3.8) is 0 Å². The number of aliphatic hydroxyl groups is 1. The van der Waals surface area contributed by atoms with Gasteiger partial charge >= 0.3 is 0 Å². The van der Waals surface area contributed by atoms with Gasteiger partial charge in [-0.15, -0.1) is 0 Å². The summed E-state index contributed by atoms with van der Waals surface area (Å²) in [5.41, 5.74) is 0.435. The van der Waals surface area contributed by atoms with E-state index >= 15 is 0 Å². The minimum Gasteiger partial charge on any atom is -0.396 e. The zero-order valence-corrected chi connectivity index (χ0v) is 9.19. The summed E-state index contributed by atoms with van der Waals surface area (Å²) in [5.74, 6) is 0. The highest BCUT2D eigenvalue weighted by atomic mass is 16.3. The molecule has 0 saturated heterocycles. The van der Waals surface area contributed by atoms with E-state index in [1.807, 2.05) is 0 Å². The average molecular weight is 185 g/mol. The highest BCUT2D eigenvalue weighted by molar-refractivity contribution is 4.95. The van der Waals surface area contributed by atoms with Gasteiger partial charge in [-0.2, -0.15) is 0 Å². The summed E-state index contributed by atoms with van der Waals surface area (Å²) in [6.45, 7) is 7.64. The molecule has 1 saturated carbocycles. The van der Waals surface area contributed by atoms with Crippen LogP contribution >= 0.6 is 0 Å². The van der Waals surface area contributed by atoms with Crippen LogP contribution in [0.4, 0.5) is 0 Å². The molecule has 0 unspecified atom stereocenters. The van der Waals surface area contributed by atoms with E-state index in [0.29, 0.717) is 5.54 Å². The van der Waals surface area contributed by atoms with E-state index in [-0.39, 0.29) is 12.0 Å². The molecule has 1 fully saturated rings. The van der Waals surface area contributed by atoms with Crippen molar-refractivity contribution in [3.05, 3.63) is 0 Å². The first kappa shape index (κ1) is 11.0. The predicted molar refractivity (Wildman–Crippen MR) is 55.7 cm³/mol. The van der Waals surface area contributed by atoms with Gasteiger partial charge in [0, 0.05) is 24.1 Å². The second-order valence-electron chi connectivity index (χ2n) is 5.16. The largest absolute Gasteiger partial charge is 0.396 e. The lowest BCUT2D eigenvalue weighted by Gasteiger charge is -2.44. The van der Waals surface area contributed by atoms with Gasteiger partial charge in [0.2, 0.25) is 0 Å². The monoisotopic (exact) mass is 185 g/mol. The molecule has 1 aliphatic carbocycles. The van der Waals surface area contributed by atoms with Gasteiger partial charge < -0.3 is 10.4 Å². The van der Waals surface area contributed by atoms with Crippen molar-refractivity contribution in [3.8, 4) is 0 Å². The first-order valence-electron chi connectivity index (χ1n) is 5.39. The third-order valence-corrected chi connectivity index (χ3v) is 3.36. The summed E-state index contributed by atoms with van der Waals surface area (Å²) in [7, 11) is 0. The van der Waals surface area contributed by atoms with E-state index in [2.05, 4.69) is 26.1 Å². The van der Waals surface area contributed by atoms with Crippen LogP contribution in [-0.2, 0) is 0 Å². The fourth-order valence-electron chi connectivity index (χ4n) is 1.74. The molecular formula is C11H23NO. The third-order valence-electron chi connectivity index (χ3n) is 3.36. The second-order valence-corrected chi connectivity index (χ2v) is 5.16. The smallest absolute Gasteiger partial charge is 0.0494 e. The van der Waals surface area contributed by atoms with Gasteiger partial charge in [-0.3, -0.25) is 0 Å². The van der Waals surface area contributed by atoms with Gasteiger partial charge in [-0.25, -0.2) is 0 Å². The predicted octanol–water partition coefficient (Wildman–Crippen LogP) is 1.93. The minimum atomic E-state index is 0.0256. The van der Waals surface area contributed by atoms with Gasteiger partial charge in [-0.1, -0.05) is 20.8 Å². The van der Waals surface area contributed by atoms with Gasteiger partial charge in [-0.05, 0) is 25.7 Å². The maximum Gasteiger partial charge on any atom is 0.0494 e. The van der Waals surface area contributed by atoms with Crippen LogP contribution in [-0.4, -0.2) is 23.8 Å². The highest BCUT2D eigenvalue weighted by Crippen LogP contribution is 2.35. The lowest BCUT2D eigenvalue weighted by molar-refractivity contribution is 0.112. The zero-order chi connectivity index (χ0) is 9.95. The number of nitrogens with one attached hydrogen (secondary N) is 1. The van der Waals surface area contributed by atoms with E-state index in [4.69, 9.17) is 5.11 Å². The molecule has 2 heteroatoms. The van der Waals surface area contributed by atoms with Crippen molar-refractivity contribution in [1.29, 1.82) is 0 Å². The van der Waals surface area contributed by atoms with Crippen molar-refractivity contribution in [2.45, 2.75) is 52.0 Å². The molecule has 2 N–H and O–H groups in total. The van der Waals surface area contributed by atoms with Crippen LogP contribution in [0.25, 0.3) is 0 Å². The van der Waals surface area contributed by atoms with Crippen molar-refractivity contribution in [1.82, 2.24) is 5.32 Å². The first-order valence-corrected chi connectivity index (χ1v) is 5.39. The molecule has 1 aliphatic rings. The quantitative estimate of drug-likeness (QED) is 0.686. The van der Waals surface area contributed by atoms with Crippen molar-refractivity contribution in [2.24, 2.45) is 5.41 Å². The lowest BCUT2D eigenvalue weighted by atomic mass is 9.74. The topological polar surface area (TPSA) is 32.3 Å². The third kappa shape index (κ3) is 2.68. The Bertz CT molecular complexity index is 156. The van der Waals surface area contributed by atoms with E-state index in [1.165, 1.54) is 25.7 Å². The normalized spacial score (nSPS) is 21.2. The Morgan fingerprint density at radius 2 is 2.00 bits per heavy atom. The van der Waals surface area contributed by atoms with Crippen LogP contribution in [0.3, 0.4) is 0 Å². The van der Waals surface area contributed by atoms with Gasteiger partial charge in [0.05, 0.1) is 0 Å². The molecule has 0 aromatic rings. The lowest BCUT2D eigenvalue weighted by Crippen LogP contribution is -2.53. The maximum atomic E-state index is 9.11. The van der Waals surface area contributed by atoms with Crippen LogP contribution in [0.5, 0.6) is 0 Å². The van der Waals surface area contributed by atoms with E-state index in [0.717, 1.165) is 6.54 Å². The summed E-state index contributed by atoms with van der Waals surface area (Å²) >= 11 is 0. The summed E-state index contributed by atoms with van der Waals surface area (Å²) in [6, 6.07) is 0. The fraction of sp³-hybridized carbons (Fsp3) is 1.00. The number of hydrogen-bond acceptors (Lipinski definition) is 2. The molecule has 0 atom stereocenters. The first-order chi connectivity index (χ1) is 6.04. The van der Waals surface area contributed by atoms with Gasteiger partial charge in [0.25, 0.3) is 0 Å². The molecule has 2 nitrogen and oxygen atoms in total. The molecule has 0 aromatic carbocycles. The van der Waals surface area contributed by atoms with Gasteiger partial charge in [0.1, 0.15) is 0 Å². The molecular weight excluding hydrogens is 162 g/mol. The summed E-state index contributed by atoms with van der Waals surface area (Å²) in [4.78, 5) is 0. The molecule has 13 heavy (non-hydrogen) atoms. The molecule has 0 radical (unpaired) electrons. The fourth-order valence-corrected chi connectivity index (χ4v) is 1.74. The Morgan fingerprint density at radius 1 is 1.38 bits per heavy atom. The Hall–Kier alpha value is -0.0800. The zero-order valence-electron chi connectivity index (χ0n) is 9.19.